The summed E-state index contributed by atoms with van der Waals surface area (Å²) < 4.78 is 0. The Bertz CT molecular complexity index is 604. The Morgan fingerprint density at radius 1 is 1.50 bits per heavy atom. The second-order valence-electron chi connectivity index (χ2n) is 4.89. The predicted octanol–water partition coefficient (Wildman–Crippen LogP) is 1.33. The number of amides is 1. The number of nitrogens with zero attached hydrogens (tertiary/aromatic N) is 1. The van der Waals surface area contributed by atoms with Gasteiger partial charge in [-0.15, -0.1) is 0 Å². The van der Waals surface area contributed by atoms with E-state index >= 15 is 0 Å². The van der Waals surface area contributed by atoms with Gasteiger partial charge >= 0.3 is 0 Å². The molecule has 1 aromatic carbocycles. The van der Waals surface area contributed by atoms with Crippen molar-refractivity contribution in [3.63, 3.8) is 0 Å². The molecule has 0 radical (unpaired) electrons. The van der Waals surface area contributed by atoms with Gasteiger partial charge in [0, 0.05) is 0 Å². The minimum absolute atomic E-state index is 0.234. The number of carbonyl (C=O) groups excluding carboxylic acids is 1. The molecule has 1 aliphatic rings. The van der Waals surface area contributed by atoms with Crippen molar-refractivity contribution < 1.29 is 4.79 Å². The fourth-order valence-corrected chi connectivity index (χ4v) is 2.60. The summed E-state index contributed by atoms with van der Waals surface area (Å²) >= 11 is 0. The van der Waals surface area contributed by atoms with Gasteiger partial charge in [0.05, 0.1) is 17.1 Å². The van der Waals surface area contributed by atoms with Gasteiger partial charge in [0.1, 0.15) is 11.3 Å². The Labute approximate surface area is 105 Å². The van der Waals surface area contributed by atoms with E-state index in [1.165, 1.54) is 0 Å². The van der Waals surface area contributed by atoms with Crippen molar-refractivity contribution >= 4 is 16.9 Å². The minimum Gasteiger partial charge on any atom is -0.366 e. The van der Waals surface area contributed by atoms with Gasteiger partial charge in [0.25, 0.3) is 5.91 Å². The van der Waals surface area contributed by atoms with Crippen molar-refractivity contribution in [1.29, 1.82) is 0 Å². The highest BCUT2D eigenvalue weighted by Crippen LogP contribution is 2.29. The number of aromatic amines is 1. The highest BCUT2D eigenvalue weighted by atomic mass is 16.1. The molecule has 18 heavy (non-hydrogen) atoms. The Hall–Kier alpha value is -1.88. The van der Waals surface area contributed by atoms with E-state index in [0.717, 1.165) is 24.3 Å². The summed E-state index contributed by atoms with van der Waals surface area (Å²) in [7, 11) is 0. The SMILES string of the molecule is C[C@@H]1CCN[C@H]1c1nc2c(C(N)=O)cccc2[nH]1. The number of primary amides is 1. The maximum absolute atomic E-state index is 11.4. The molecule has 2 aromatic rings. The summed E-state index contributed by atoms with van der Waals surface area (Å²) in [5.41, 5.74) is 7.36. The largest absolute Gasteiger partial charge is 0.366 e. The molecule has 5 nitrogen and oxygen atoms in total. The number of H-pyrrole nitrogens is 1. The number of nitrogens with one attached hydrogen (secondary N) is 2. The summed E-state index contributed by atoms with van der Waals surface area (Å²) in [4.78, 5) is 19.2. The third kappa shape index (κ3) is 1.67. The number of hydrogen-bond donors (Lipinski definition) is 3. The third-order valence-corrected chi connectivity index (χ3v) is 3.62. The van der Waals surface area contributed by atoms with Crippen LogP contribution in [0, 0.1) is 5.92 Å². The number of fused-ring (bicyclic) bond motifs is 1. The number of nitrogens with two attached hydrogens (primary N) is 1. The second-order valence-corrected chi connectivity index (χ2v) is 4.89. The fourth-order valence-electron chi connectivity index (χ4n) is 2.60. The quantitative estimate of drug-likeness (QED) is 0.745. The van der Waals surface area contributed by atoms with E-state index < -0.39 is 5.91 Å². The van der Waals surface area contributed by atoms with Gasteiger partial charge < -0.3 is 16.0 Å². The smallest absolute Gasteiger partial charge is 0.250 e. The summed E-state index contributed by atoms with van der Waals surface area (Å²) in [5, 5.41) is 3.42. The number of para-hydroxylation sites is 1. The van der Waals surface area contributed by atoms with Crippen molar-refractivity contribution in [1.82, 2.24) is 15.3 Å². The van der Waals surface area contributed by atoms with Crippen LogP contribution in [-0.4, -0.2) is 22.4 Å². The number of hydrogen-bond acceptors (Lipinski definition) is 3. The molecular weight excluding hydrogens is 228 g/mol. The Morgan fingerprint density at radius 3 is 3.00 bits per heavy atom. The number of rotatable bonds is 2. The number of benzene rings is 1. The topological polar surface area (TPSA) is 83.8 Å². The molecule has 1 amide bonds. The zero-order valence-corrected chi connectivity index (χ0v) is 10.2. The maximum Gasteiger partial charge on any atom is 0.250 e. The molecule has 0 unspecified atom stereocenters. The average molecular weight is 244 g/mol. The van der Waals surface area contributed by atoms with Crippen LogP contribution in [-0.2, 0) is 0 Å². The standard InChI is InChI=1S/C13H16N4O/c1-7-5-6-15-10(7)13-16-9-4-2-3-8(12(14)18)11(9)17-13/h2-4,7,10,15H,5-6H2,1H3,(H2,14,18)(H,16,17)/t7-,10-/m1/s1. The molecule has 0 spiro atoms. The first-order valence-electron chi connectivity index (χ1n) is 6.18. The lowest BCUT2D eigenvalue weighted by atomic mass is 10.0. The zero-order valence-electron chi connectivity index (χ0n) is 10.2. The molecule has 1 aromatic heterocycles. The lowest BCUT2D eigenvalue weighted by molar-refractivity contribution is 0.100. The Morgan fingerprint density at radius 2 is 2.33 bits per heavy atom. The van der Waals surface area contributed by atoms with Gasteiger partial charge in [-0.25, -0.2) is 4.98 Å². The van der Waals surface area contributed by atoms with Crippen molar-refractivity contribution in [2.24, 2.45) is 11.7 Å². The Kier molecular flexibility index (Phi) is 2.56. The van der Waals surface area contributed by atoms with Crippen LogP contribution in [0.4, 0.5) is 0 Å². The molecule has 4 N–H and O–H groups in total. The minimum atomic E-state index is -0.439. The Balaban J connectivity index is 2.11. The molecule has 0 bridgehead atoms. The first kappa shape index (κ1) is 11.2. The van der Waals surface area contributed by atoms with Crippen LogP contribution in [0.25, 0.3) is 11.0 Å². The van der Waals surface area contributed by atoms with Gasteiger partial charge in [-0.3, -0.25) is 4.79 Å². The zero-order chi connectivity index (χ0) is 12.7. The number of aromatic nitrogens is 2. The predicted molar refractivity (Wildman–Crippen MR) is 69.1 cm³/mol. The molecule has 1 fully saturated rings. The normalized spacial score (nSPS) is 23.6. The van der Waals surface area contributed by atoms with E-state index in [2.05, 4.69) is 22.2 Å². The molecule has 1 aliphatic heterocycles. The number of carbonyl (C=O) groups is 1. The van der Waals surface area contributed by atoms with Gasteiger partial charge in [-0.05, 0) is 31.0 Å². The summed E-state index contributed by atoms with van der Waals surface area (Å²) in [6.07, 6.45) is 1.14. The molecule has 2 atom stereocenters. The fraction of sp³-hybridized carbons (Fsp3) is 0.385. The van der Waals surface area contributed by atoms with Crippen molar-refractivity contribution in [2.45, 2.75) is 19.4 Å². The molecule has 2 heterocycles. The second kappa shape index (κ2) is 4.10. The first-order valence-corrected chi connectivity index (χ1v) is 6.18. The average Bonchev–Trinajstić information content (AvgIpc) is 2.92. The van der Waals surface area contributed by atoms with E-state index in [0.29, 0.717) is 17.0 Å². The third-order valence-electron chi connectivity index (χ3n) is 3.62. The van der Waals surface area contributed by atoms with Crippen LogP contribution < -0.4 is 11.1 Å². The first-order chi connectivity index (χ1) is 8.66. The van der Waals surface area contributed by atoms with E-state index in [4.69, 9.17) is 5.73 Å². The summed E-state index contributed by atoms with van der Waals surface area (Å²) in [5.74, 6) is 0.998. The molecule has 94 valence electrons. The van der Waals surface area contributed by atoms with Gasteiger partial charge in [-0.1, -0.05) is 13.0 Å². The van der Waals surface area contributed by atoms with Crippen molar-refractivity contribution in [2.75, 3.05) is 6.54 Å². The van der Waals surface area contributed by atoms with Gasteiger partial charge in [-0.2, -0.15) is 0 Å². The van der Waals surface area contributed by atoms with Crippen LogP contribution >= 0.6 is 0 Å². The highest BCUT2D eigenvalue weighted by Gasteiger charge is 2.27. The van der Waals surface area contributed by atoms with E-state index in [1.54, 1.807) is 6.07 Å². The maximum atomic E-state index is 11.4. The molecule has 1 saturated heterocycles. The van der Waals surface area contributed by atoms with Crippen LogP contribution in [0.5, 0.6) is 0 Å². The highest BCUT2D eigenvalue weighted by molar-refractivity contribution is 6.04. The lowest BCUT2D eigenvalue weighted by Gasteiger charge is -2.11. The van der Waals surface area contributed by atoms with Gasteiger partial charge in [0.2, 0.25) is 0 Å². The van der Waals surface area contributed by atoms with Crippen LogP contribution in [0.1, 0.15) is 35.6 Å². The number of imidazole rings is 1. The van der Waals surface area contributed by atoms with E-state index in [1.807, 2.05) is 12.1 Å². The van der Waals surface area contributed by atoms with Crippen LogP contribution in [0.3, 0.4) is 0 Å². The summed E-state index contributed by atoms with van der Waals surface area (Å²) in [6, 6.07) is 5.67. The summed E-state index contributed by atoms with van der Waals surface area (Å²) in [6.45, 7) is 3.21. The van der Waals surface area contributed by atoms with E-state index in [-0.39, 0.29) is 6.04 Å². The molecule has 0 saturated carbocycles. The van der Waals surface area contributed by atoms with Crippen molar-refractivity contribution in [3.8, 4) is 0 Å². The lowest BCUT2D eigenvalue weighted by Crippen LogP contribution is -2.17. The molecule has 0 aliphatic carbocycles. The molecule has 5 heteroatoms. The van der Waals surface area contributed by atoms with Gasteiger partial charge in [0.15, 0.2) is 0 Å². The molecule has 3 rings (SSSR count). The van der Waals surface area contributed by atoms with E-state index in [9.17, 15) is 4.79 Å². The molecular formula is C13H16N4O. The monoisotopic (exact) mass is 244 g/mol. The van der Waals surface area contributed by atoms with Crippen LogP contribution in [0.15, 0.2) is 18.2 Å². The van der Waals surface area contributed by atoms with Crippen LogP contribution in [0.2, 0.25) is 0 Å². The van der Waals surface area contributed by atoms with Crippen molar-refractivity contribution in [3.05, 3.63) is 29.6 Å².